The third kappa shape index (κ3) is 5.83. The lowest BCUT2D eigenvalue weighted by Crippen LogP contribution is -2.62. The van der Waals surface area contributed by atoms with Crippen molar-refractivity contribution in [2.75, 3.05) is 6.61 Å². The molecule has 4 aliphatic carbocycles. The molecule has 44 heavy (non-hydrogen) atoms. The first-order chi connectivity index (χ1) is 20.6. The summed E-state index contributed by atoms with van der Waals surface area (Å²) in [5.74, 6) is -2.72. The van der Waals surface area contributed by atoms with E-state index < -0.39 is 53.0 Å². The van der Waals surface area contributed by atoms with Crippen molar-refractivity contribution in [3.63, 3.8) is 0 Å². The molecule has 4 rings (SSSR count). The molecule has 0 aliphatic heterocycles. The Morgan fingerprint density at radius 1 is 1.02 bits per heavy atom. The minimum Gasteiger partial charge on any atom is -0.393 e. The summed E-state index contributed by atoms with van der Waals surface area (Å²) in [6, 6.07) is 0. The summed E-state index contributed by atoms with van der Waals surface area (Å²) < 4.78 is 15.3. The Balaban J connectivity index is 1.55. The molecule has 0 aromatic rings. The lowest BCUT2D eigenvalue weighted by atomic mass is 9.44. The fraction of sp³-hybridized carbons (Fsp3) is 0.765. The third-order valence-electron chi connectivity index (χ3n) is 11.5. The maximum Gasteiger partial charge on any atom is 0.512 e. The maximum absolute atomic E-state index is 13.8. The number of aliphatic hydroxyl groups excluding tert-OH is 1. The van der Waals surface area contributed by atoms with E-state index in [-0.39, 0.29) is 49.2 Å². The molecular weight excluding hydrogens is 568 g/mol. The van der Waals surface area contributed by atoms with Gasteiger partial charge >= 0.3 is 18.1 Å². The van der Waals surface area contributed by atoms with Crippen molar-refractivity contribution in [2.45, 2.75) is 130 Å². The molecule has 4 aliphatic rings. The Morgan fingerprint density at radius 2 is 1.61 bits per heavy atom. The molecular formula is C34H50O10. The van der Waals surface area contributed by atoms with E-state index >= 15 is 0 Å². The van der Waals surface area contributed by atoms with Gasteiger partial charge in [0.1, 0.15) is 12.2 Å². The fourth-order valence-corrected chi connectivity index (χ4v) is 8.77. The van der Waals surface area contributed by atoms with Gasteiger partial charge in [-0.15, -0.1) is 0 Å². The number of fused-ring (bicyclic) bond motifs is 5. The van der Waals surface area contributed by atoms with E-state index in [4.69, 9.17) is 14.2 Å². The van der Waals surface area contributed by atoms with Crippen LogP contribution in [0.4, 0.5) is 0 Å². The second-order valence-corrected chi connectivity index (χ2v) is 13.8. The second kappa shape index (κ2) is 12.8. The van der Waals surface area contributed by atoms with Gasteiger partial charge in [-0.1, -0.05) is 51.7 Å². The zero-order chi connectivity index (χ0) is 32.7. The highest BCUT2D eigenvalue weighted by Crippen LogP contribution is 2.68. The second-order valence-electron chi connectivity index (χ2n) is 13.8. The summed E-state index contributed by atoms with van der Waals surface area (Å²) >= 11 is 0. The van der Waals surface area contributed by atoms with E-state index in [2.05, 4.69) is 6.92 Å². The first-order valence-electron chi connectivity index (χ1n) is 16.2. The Kier molecular flexibility index (Phi) is 10.0. The topological polar surface area (TPSA) is 157 Å². The average molecular weight is 619 g/mol. The SMILES string of the molecule is CCCCC(=O)OC(O)(OCC(=O)[C@@]1(O)CC[C@H]2[C@@H]3CCC4=CC(=O)C(C)=C(C)[C@]4(C)[C@H]3C(O)C[C@@]21C)OC(=O)CCCC. The Hall–Kier alpha value is -2.40. The zero-order valence-electron chi connectivity index (χ0n) is 27.1. The van der Waals surface area contributed by atoms with Crippen LogP contribution in [0.5, 0.6) is 0 Å². The van der Waals surface area contributed by atoms with Crippen LogP contribution in [0.2, 0.25) is 0 Å². The molecule has 10 heteroatoms. The highest BCUT2D eigenvalue weighted by atomic mass is 17.0. The maximum atomic E-state index is 13.8. The number of unbranched alkanes of at least 4 members (excludes halogenated alkanes) is 2. The third-order valence-corrected chi connectivity index (χ3v) is 11.5. The predicted octanol–water partition coefficient (Wildman–Crippen LogP) is 4.43. The number of Topliss-reactive ketones (excluding diaryl/α,β-unsaturated/α-hetero) is 1. The van der Waals surface area contributed by atoms with Gasteiger partial charge in [0.05, 0.1) is 6.10 Å². The van der Waals surface area contributed by atoms with Crippen molar-refractivity contribution in [3.8, 4) is 0 Å². The van der Waals surface area contributed by atoms with Gasteiger partial charge in [0.25, 0.3) is 0 Å². The summed E-state index contributed by atoms with van der Waals surface area (Å²) in [4.78, 5) is 51.1. The molecule has 3 fully saturated rings. The Bertz CT molecular complexity index is 1210. The number of carbonyl (C=O) groups excluding carboxylic acids is 4. The monoisotopic (exact) mass is 618 g/mol. The standard InChI is InChI=1S/C34H50O10/c1-7-9-11-28(38)43-34(41,44-29(39)12-10-8-2)42-19-27(37)33(40)16-15-24-23-14-13-22-17-25(35)20(3)21(4)32(22,6)30(23)26(36)18-31(24,33)5/h17,23-24,26,30,36,40-41H,7-16,18-19H2,1-6H3/t23-,24-,26?,30+,31-,32-,33-/m0/s1. The fourth-order valence-electron chi connectivity index (χ4n) is 8.77. The number of allylic oxidation sites excluding steroid dienone is 4. The molecule has 246 valence electrons. The van der Waals surface area contributed by atoms with Crippen LogP contribution >= 0.6 is 0 Å². The zero-order valence-corrected chi connectivity index (χ0v) is 27.1. The lowest BCUT2D eigenvalue weighted by Gasteiger charge is -2.60. The molecule has 7 atom stereocenters. The molecule has 0 aromatic heterocycles. The molecule has 0 amide bonds. The van der Waals surface area contributed by atoms with Crippen molar-refractivity contribution in [3.05, 3.63) is 22.8 Å². The number of ether oxygens (including phenoxy) is 3. The summed E-state index contributed by atoms with van der Waals surface area (Å²) in [7, 11) is 0. The largest absolute Gasteiger partial charge is 0.512 e. The number of hydrogen-bond donors (Lipinski definition) is 3. The Morgan fingerprint density at radius 3 is 2.18 bits per heavy atom. The van der Waals surface area contributed by atoms with Gasteiger partial charge in [0.2, 0.25) is 0 Å². The minimum absolute atomic E-state index is 0.000527. The van der Waals surface area contributed by atoms with Gasteiger partial charge in [0, 0.05) is 29.6 Å². The highest BCUT2D eigenvalue weighted by Gasteiger charge is 2.68. The van der Waals surface area contributed by atoms with Gasteiger partial charge in [-0.2, -0.15) is 0 Å². The van der Waals surface area contributed by atoms with Crippen LogP contribution in [0.25, 0.3) is 0 Å². The van der Waals surface area contributed by atoms with Gasteiger partial charge < -0.3 is 19.7 Å². The van der Waals surface area contributed by atoms with Crippen LogP contribution < -0.4 is 0 Å². The average Bonchev–Trinajstić information content (AvgIpc) is 3.23. The number of esters is 2. The summed E-state index contributed by atoms with van der Waals surface area (Å²) in [6.07, 6.45) is 2.26. The smallest absolute Gasteiger partial charge is 0.393 e. The molecule has 0 heterocycles. The predicted molar refractivity (Wildman–Crippen MR) is 159 cm³/mol. The Labute approximate surface area is 260 Å². The van der Waals surface area contributed by atoms with Crippen molar-refractivity contribution >= 4 is 23.5 Å². The van der Waals surface area contributed by atoms with E-state index in [1.165, 1.54) is 0 Å². The van der Waals surface area contributed by atoms with Crippen molar-refractivity contribution < 1.29 is 48.7 Å². The first-order valence-corrected chi connectivity index (χ1v) is 16.2. The van der Waals surface area contributed by atoms with E-state index in [0.717, 1.165) is 17.6 Å². The molecule has 1 unspecified atom stereocenters. The van der Waals surface area contributed by atoms with E-state index in [9.17, 15) is 34.5 Å². The molecule has 0 radical (unpaired) electrons. The van der Waals surface area contributed by atoms with Gasteiger partial charge in [0.15, 0.2) is 11.6 Å². The van der Waals surface area contributed by atoms with Crippen molar-refractivity contribution in [2.24, 2.45) is 28.6 Å². The minimum atomic E-state index is -3.11. The van der Waals surface area contributed by atoms with Gasteiger partial charge in [-0.3, -0.25) is 29.0 Å². The highest BCUT2D eigenvalue weighted by molar-refractivity contribution is 6.06. The van der Waals surface area contributed by atoms with Crippen LogP contribution in [0.15, 0.2) is 22.8 Å². The number of rotatable bonds is 12. The summed E-state index contributed by atoms with van der Waals surface area (Å²) in [5, 5.41) is 34.7. The van der Waals surface area contributed by atoms with E-state index in [1.54, 1.807) is 6.08 Å². The normalized spacial score (nSPS) is 34.9. The molecule has 3 N–H and O–H groups in total. The van der Waals surface area contributed by atoms with Crippen LogP contribution in [0.3, 0.4) is 0 Å². The summed E-state index contributed by atoms with van der Waals surface area (Å²) in [5.41, 5.74) is -0.689. The summed E-state index contributed by atoms with van der Waals surface area (Å²) in [6.45, 7) is 10.6. The lowest BCUT2D eigenvalue weighted by molar-refractivity contribution is -0.448. The van der Waals surface area contributed by atoms with Gasteiger partial charge in [-0.25, -0.2) is 0 Å². The molecule has 3 saturated carbocycles. The van der Waals surface area contributed by atoms with Gasteiger partial charge in [-0.05, 0) is 82.3 Å². The van der Waals surface area contributed by atoms with E-state index in [1.807, 2.05) is 34.6 Å². The van der Waals surface area contributed by atoms with Crippen molar-refractivity contribution in [1.82, 2.24) is 0 Å². The van der Waals surface area contributed by atoms with Crippen LogP contribution in [0.1, 0.15) is 112 Å². The number of hydrogen-bond acceptors (Lipinski definition) is 10. The van der Waals surface area contributed by atoms with Crippen LogP contribution in [-0.2, 0) is 33.4 Å². The number of ketones is 2. The van der Waals surface area contributed by atoms with E-state index in [0.29, 0.717) is 44.1 Å². The molecule has 0 saturated heterocycles. The first kappa shape index (κ1) is 34.5. The molecule has 0 aromatic carbocycles. The van der Waals surface area contributed by atoms with Crippen LogP contribution in [0, 0.1) is 28.6 Å². The molecule has 0 spiro atoms. The number of aliphatic hydroxyl groups is 3. The molecule has 10 nitrogen and oxygen atoms in total. The number of carbonyl (C=O) groups is 4. The van der Waals surface area contributed by atoms with Crippen molar-refractivity contribution in [1.29, 1.82) is 0 Å². The van der Waals surface area contributed by atoms with Crippen LogP contribution in [-0.4, -0.2) is 63.3 Å². The quantitative estimate of drug-likeness (QED) is 0.211. The molecule has 0 bridgehead atoms.